The van der Waals surface area contributed by atoms with Crippen molar-refractivity contribution < 1.29 is 0 Å². The summed E-state index contributed by atoms with van der Waals surface area (Å²) in [6.45, 7) is 5.43. The first-order valence-corrected chi connectivity index (χ1v) is 6.89. The number of benzene rings is 1. The summed E-state index contributed by atoms with van der Waals surface area (Å²) in [5.74, 6) is 0. The first kappa shape index (κ1) is 13.0. The van der Waals surface area contributed by atoms with E-state index in [1.807, 2.05) is 18.2 Å². The van der Waals surface area contributed by atoms with E-state index in [4.69, 9.17) is 23.2 Å². The Morgan fingerprint density at radius 2 is 2.18 bits per heavy atom. The maximum Gasteiger partial charge on any atom is 0.0612 e. The molecule has 0 radical (unpaired) electrons. The molecule has 1 heterocycles. The van der Waals surface area contributed by atoms with Crippen molar-refractivity contribution in [2.24, 2.45) is 0 Å². The molecule has 1 aliphatic heterocycles. The van der Waals surface area contributed by atoms with Crippen LogP contribution in [0.1, 0.15) is 19.8 Å². The Kier molecular flexibility index (Phi) is 4.55. The lowest BCUT2D eigenvalue weighted by molar-refractivity contribution is 0.549. The molecule has 17 heavy (non-hydrogen) atoms. The minimum Gasteiger partial charge on any atom is -0.370 e. The zero-order valence-electron chi connectivity index (χ0n) is 10.0. The number of nitrogens with one attached hydrogen (secondary N) is 1. The Bertz CT molecular complexity index is 382. The van der Waals surface area contributed by atoms with Crippen molar-refractivity contribution in [3.63, 3.8) is 0 Å². The molecule has 1 saturated heterocycles. The molecule has 1 aliphatic rings. The topological polar surface area (TPSA) is 15.3 Å². The summed E-state index contributed by atoms with van der Waals surface area (Å²) in [5, 5.41) is 4.81. The van der Waals surface area contributed by atoms with E-state index in [9.17, 15) is 0 Å². The molecular weight excluding hydrogens is 255 g/mol. The average Bonchev–Trinajstić information content (AvgIpc) is 2.79. The van der Waals surface area contributed by atoms with Crippen molar-refractivity contribution >= 4 is 28.9 Å². The Balaban J connectivity index is 1.97. The van der Waals surface area contributed by atoms with Gasteiger partial charge in [0.25, 0.3) is 0 Å². The van der Waals surface area contributed by atoms with Gasteiger partial charge < -0.3 is 10.2 Å². The normalized spacial score (nSPS) is 19.9. The molecule has 0 saturated carbocycles. The quantitative estimate of drug-likeness (QED) is 0.902. The molecule has 1 atom stereocenters. The van der Waals surface area contributed by atoms with Gasteiger partial charge >= 0.3 is 0 Å². The number of halogens is 2. The minimum absolute atomic E-state index is 0.601. The third kappa shape index (κ3) is 3.27. The molecule has 4 heteroatoms. The first-order valence-electron chi connectivity index (χ1n) is 6.14. The monoisotopic (exact) mass is 272 g/mol. The van der Waals surface area contributed by atoms with E-state index in [1.165, 1.54) is 18.5 Å². The zero-order valence-corrected chi connectivity index (χ0v) is 11.6. The van der Waals surface area contributed by atoms with Crippen molar-refractivity contribution in [3.8, 4) is 0 Å². The van der Waals surface area contributed by atoms with Crippen LogP contribution in [0, 0.1) is 0 Å². The molecule has 94 valence electrons. The van der Waals surface area contributed by atoms with Crippen LogP contribution in [0.3, 0.4) is 0 Å². The maximum absolute atomic E-state index is 6.04. The predicted octanol–water partition coefficient (Wildman–Crippen LogP) is 3.57. The molecule has 2 rings (SSSR count). The highest BCUT2D eigenvalue weighted by Crippen LogP contribution is 2.28. The van der Waals surface area contributed by atoms with E-state index in [1.54, 1.807) is 0 Å². The Labute approximate surface area is 113 Å². The third-order valence-electron chi connectivity index (χ3n) is 3.14. The second-order valence-corrected chi connectivity index (χ2v) is 5.30. The highest BCUT2D eigenvalue weighted by Gasteiger charge is 2.22. The number of nitrogens with zero attached hydrogens (tertiary/aromatic N) is 1. The molecule has 1 aromatic rings. The van der Waals surface area contributed by atoms with Gasteiger partial charge in [0.1, 0.15) is 0 Å². The molecule has 0 amide bonds. The predicted molar refractivity (Wildman–Crippen MR) is 75.4 cm³/mol. The Morgan fingerprint density at radius 1 is 1.35 bits per heavy atom. The smallest absolute Gasteiger partial charge is 0.0612 e. The van der Waals surface area contributed by atoms with E-state index in [0.29, 0.717) is 16.1 Å². The second-order valence-electron chi connectivity index (χ2n) is 4.48. The van der Waals surface area contributed by atoms with Crippen LogP contribution in [-0.4, -0.2) is 25.7 Å². The molecule has 0 bridgehead atoms. The minimum atomic E-state index is 0.601. The lowest BCUT2D eigenvalue weighted by Crippen LogP contribution is -2.32. The third-order valence-corrected chi connectivity index (χ3v) is 3.88. The van der Waals surface area contributed by atoms with Gasteiger partial charge in [-0.05, 0) is 37.6 Å². The van der Waals surface area contributed by atoms with Gasteiger partial charge in [-0.2, -0.15) is 0 Å². The van der Waals surface area contributed by atoms with Gasteiger partial charge in [-0.15, -0.1) is 0 Å². The van der Waals surface area contributed by atoms with Crippen LogP contribution in [-0.2, 0) is 0 Å². The van der Waals surface area contributed by atoms with Crippen molar-refractivity contribution in [2.75, 3.05) is 24.5 Å². The average molecular weight is 273 g/mol. The number of hydrogen-bond donors (Lipinski definition) is 1. The van der Waals surface area contributed by atoms with E-state index < -0.39 is 0 Å². The molecule has 0 aliphatic carbocycles. The molecule has 0 spiro atoms. The van der Waals surface area contributed by atoms with Crippen molar-refractivity contribution in [3.05, 3.63) is 28.2 Å². The summed E-state index contributed by atoms with van der Waals surface area (Å²) in [6, 6.07) is 6.46. The summed E-state index contributed by atoms with van der Waals surface area (Å²) in [6.07, 6.45) is 2.38. The van der Waals surface area contributed by atoms with Gasteiger partial charge in [0.05, 0.1) is 10.0 Å². The van der Waals surface area contributed by atoms with Crippen LogP contribution in [0.15, 0.2) is 18.2 Å². The summed E-state index contributed by atoms with van der Waals surface area (Å²) in [7, 11) is 0. The number of anilines is 1. The fraction of sp³-hybridized carbons (Fsp3) is 0.538. The molecule has 1 fully saturated rings. The fourth-order valence-corrected chi connectivity index (χ4v) is 2.48. The van der Waals surface area contributed by atoms with E-state index in [0.717, 1.165) is 19.6 Å². The van der Waals surface area contributed by atoms with Gasteiger partial charge in [0, 0.05) is 24.8 Å². The van der Waals surface area contributed by atoms with E-state index in [-0.39, 0.29) is 0 Å². The fourth-order valence-electron chi connectivity index (χ4n) is 2.19. The summed E-state index contributed by atoms with van der Waals surface area (Å²) in [4.78, 5) is 2.36. The number of rotatable bonds is 4. The van der Waals surface area contributed by atoms with Gasteiger partial charge in [-0.25, -0.2) is 0 Å². The van der Waals surface area contributed by atoms with Crippen LogP contribution >= 0.6 is 23.2 Å². The molecule has 1 unspecified atom stereocenters. The lowest BCUT2D eigenvalue weighted by atomic mass is 10.2. The van der Waals surface area contributed by atoms with Gasteiger partial charge in [-0.3, -0.25) is 0 Å². The molecule has 1 aromatic carbocycles. The van der Waals surface area contributed by atoms with Crippen molar-refractivity contribution in [1.29, 1.82) is 0 Å². The van der Waals surface area contributed by atoms with Gasteiger partial charge in [-0.1, -0.05) is 30.1 Å². The van der Waals surface area contributed by atoms with E-state index in [2.05, 4.69) is 17.1 Å². The summed E-state index contributed by atoms with van der Waals surface area (Å²) < 4.78 is 0. The van der Waals surface area contributed by atoms with Crippen LogP contribution in [0.2, 0.25) is 10.0 Å². The zero-order chi connectivity index (χ0) is 12.3. The van der Waals surface area contributed by atoms with E-state index >= 15 is 0 Å². The first-order chi connectivity index (χ1) is 8.20. The summed E-state index contributed by atoms with van der Waals surface area (Å²) >= 11 is 12.0. The van der Waals surface area contributed by atoms with Gasteiger partial charge in [0.15, 0.2) is 0 Å². The molecule has 1 N–H and O–H groups in total. The standard InChI is InChI=1S/C13H18Cl2N2/c1-2-6-16-10-5-7-17(9-10)11-3-4-12(14)13(15)8-11/h3-4,8,10,16H,2,5-7,9H2,1H3. The van der Waals surface area contributed by atoms with Crippen LogP contribution < -0.4 is 10.2 Å². The van der Waals surface area contributed by atoms with Crippen molar-refractivity contribution in [2.45, 2.75) is 25.8 Å². The molecule has 0 aromatic heterocycles. The second kappa shape index (κ2) is 5.94. The lowest BCUT2D eigenvalue weighted by Gasteiger charge is -2.19. The van der Waals surface area contributed by atoms with Crippen LogP contribution in [0.5, 0.6) is 0 Å². The maximum atomic E-state index is 6.04. The van der Waals surface area contributed by atoms with Gasteiger partial charge in [0.2, 0.25) is 0 Å². The highest BCUT2D eigenvalue weighted by atomic mass is 35.5. The highest BCUT2D eigenvalue weighted by molar-refractivity contribution is 6.42. The molecular formula is C13H18Cl2N2. The van der Waals surface area contributed by atoms with Crippen LogP contribution in [0.4, 0.5) is 5.69 Å². The van der Waals surface area contributed by atoms with Crippen molar-refractivity contribution in [1.82, 2.24) is 5.32 Å². The number of hydrogen-bond acceptors (Lipinski definition) is 2. The Morgan fingerprint density at radius 3 is 2.88 bits per heavy atom. The SMILES string of the molecule is CCCNC1CCN(c2ccc(Cl)c(Cl)c2)C1. The Hall–Kier alpha value is -0.440. The van der Waals surface area contributed by atoms with Crippen LogP contribution in [0.25, 0.3) is 0 Å². The largest absolute Gasteiger partial charge is 0.370 e. The summed E-state index contributed by atoms with van der Waals surface area (Å²) in [5.41, 5.74) is 1.17. The molecule has 2 nitrogen and oxygen atoms in total.